The number of rotatable bonds is 6. The van der Waals surface area contributed by atoms with Gasteiger partial charge < -0.3 is 19.7 Å². The summed E-state index contributed by atoms with van der Waals surface area (Å²) in [6, 6.07) is 8.94. The third-order valence-corrected chi connectivity index (χ3v) is 6.89. The number of hydrogen-bond acceptors (Lipinski definition) is 6. The fraction of sp³-hybridized carbons (Fsp3) is 0.520. The molecule has 2 aliphatic rings. The Morgan fingerprint density at radius 3 is 2.53 bits per heavy atom. The fourth-order valence-corrected chi connectivity index (χ4v) is 4.86. The highest BCUT2D eigenvalue weighted by atomic mass is 16.5. The number of aromatic nitrogens is 2. The number of para-hydroxylation sites is 1. The Balaban J connectivity index is 1.71. The summed E-state index contributed by atoms with van der Waals surface area (Å²) in [5.74, 6) is -0.589. The van der Waals surface area contributed by atoms with Gasteiger partial charge >= 0.3 is 5.97 Å². The lowest BCUT2D eigenvalue weighted by Gasteiger charge is -2.44. The second kappa shape index (κ2) is 9.87. The zero-order chi connectivity index (χ0) is 24.3. The van der Waals surface area contributed by atoms with Crippen LogP contribution in [0, 0.1) is 0 Å². The summed E-state index contributed by atoms with van der Waals surface area (Å²) < 4.78 is 11.7. The molecule has 34 heavy (non-hydrogen) atoms. The second-order valence-electron chi connectivity index (χ2n) is 9.20. The molecule has 9 heteroatoms. The van der Waals surface area contributed by atoms with E-state index in [4.69, 9.17) is 9.47 Å². The summed E-state index contributed by atoms with van der Waals surface area (Å²) in [5, 5.41) is 7.49. The van der Waals surface area contributed by atoms with Crippen LogP contribution in [-0.2, 0) is 22.6 Å². The molecule has 1 N–H and O–H groups in total. The molecule has 0 spiro atoms. The van der Waals surface area contributed by atoms with E-state index in [-0.39, 0.29) is 42.3 Å². The third-order valence-electron chi connectivity index (χ3n) is 6.89. The van der Waals surface area contributed by atoms with Gasteiger partial charge in [0.1, 0.15) is 17.0 Å². The number of nitrogens with zero attached hydrogens (tertiary/aromatic N) is 3. The Kier molecular flexibility index (Phi) is 6.90. The van der Waals surface area contributed by atoms with Crippen LogP contribution in [-0.4, -0.2) is 58.3 Å². The Hall–Kier alpha value is -3.36. The quantitative estimate of drug-likeness (QED) is 0.517. The normalized spacial score (nSPS) is 20.9. The molecule has 1 aromatic carbocycles. The molecule has 2 heterocycles. The molecule has 1 saturated carbocycles. The highest BCUT2D eigenvalue weighted by Gasteiger charge is 2.48. The Labute approximate surface area is 199 Å². The van der Waals surface area contributed by atoms with Crippen molar-refractivity contribution in [3.63, 3.8) is 0 Å². The summed E-state index contributed by atoms with van der Waals surface area (Å²) in [5.41, 5.74) is -0.143. The molecule has 0 unspecified atom stereocenters. The van der Waals surface area contributed by atoms with E-state index in [2.05, 4.69) is 10.4 Å². The van der Waals surface area contributed by atoms with Crippen LogP contribution in [0.25, 0.3) is 0 Å². The van der Waals surface area contributed by atoms with Gasteiger partial charge in [-0.05, 0) is 25.8 Å². The summed E-state index contributed by atoms with van der Waals surface area (Å²) in [6.45, 7) is 2.06. The Morgan fingerprint density at radius 2 is 1.85 bits per heavy atom. The van der Waals surface area contributed by atoms with Gasteiger partial charge in [0.2, 0.25) is 5.91 Å². The van der Waals surface area contributed by atoms with Crippen molar-refractivity contribution in [3.8, 4) is 5.75 Å². The molecule has 1 fully saturated rings. The van der Waals surface area contributed by atoms with Gasteiger partial charge in [-0.2, -0.15) is 5.10 Å². The first kappa shape index (κ1) is 23.8. The lowest BCUT2D eigenvalue weighted by atomic mass is 9.93. The molecule has 2 aromatic rings. The number of esters is 1. The SMILES string of the molecule is COC(=O)c1cc2n(n1)C[C@@](C)(C(=O)NC1CCCCCC1)N(Cc1ccccc1OC)C2=O. The van der Waals surface area contributed by atoms with Gasteiger partial charge in [0, 0.05) is 17.7 Å². The average molecular weight is 469 g/mol. The van der Waals surface area contributed by atoms with E-state index >= 15 is 0 Å². The van der Waals surface area contributed by atoms with Gasteiger partial charge in [-0.15, -0.1) is 0 Å². The average Bonchev–Trinajstić information content (AvgIpc) is 3.09. The van der Waals surface area contributed by atoms with Crippen LogP contribution in [0.1, 0.15) is 72.0 Å². The van der Waals surface area contributed by atoms with Crippen molar-refractivity contribution < 1.29 is 23.9 Å². The number of ether oxygens (including phenoxy) is 2. The Bertz CT molecular complexity index is 1070. The van der Waals surface area contributed by atoms with Crippen LogP contribution in [0.5, 0.6) is 5.75 Å². The highest BCUT2D eigenvalue weighted by molar-refractivity contribution is 6.01. The number of fused-ring (bicyclic) bond motifs is 1. The Morgan fingerprint density at radius 1 is 1.15 bits per heavy atom. The molecule has 0 saturated heterocycles. The third kappa shape index (κ3) is 4.51. The highest BCUT2D eigenvalue weighted by Crippen LogP contribution is 2.32. The molecule has 1 aliphatic heterocycles. The molecule has 9 nitrogen and oxygen atoms in total. The zero-order valence-corrected chi connectivity index (χ0v) is 20.0. The molecular weight excluding hydrogens is 436 g/mol. The molecular formula is C25H32N4O5. The number of benzene rings is 1. The number of hydrogen-bond donors (Lipinski definition) is 1. The van der Waals surface area contributed by atoms with Gasteiger partial charge in [0.05, 0.1) is 27.3 Å². The molecule has 4 rings (SSSR count). The molecule has 182 valence electrons. The van der Waals surface area contributed by atoms with Crippen LogP contribution in [0.2, 0.25) is 0 Å². The number of amides is 2. The van der Waals surface area contributed by atoms with E-state index in [9.17, 15) is 14.4 Å². The van der Waals surface area contributed by atoms with E-state index < -0.39 is 11.5 Å². The van der Waals surface area contributed by atoms with E-state index in [0.717, 1.165) is 31.2 Å². The maximum Gasteiger partial charge on any atom is 0.358 e. The fourth-order valence-electron chi connectivity index (χ4n) is 4.86. The molecule has 1 aliphatic carbocycles. The van der Waals surface area contributed by atoms with Crippen molar-refractivity contribution in [2.45, 2.75) is 70.1 Å². The van der Waals surface area contributed by atoms with Crippen molar-refractivity contribution in [1.29, 1.82) is 0 Å². The minimum atomic E-state index is -1.21. The van der Waals surface area contributed by atoms with Crippen LogP contribution >= 0.6 is 0 Å². The largest absolute Gasteiger partial charge is 0.496 e. The summed E-state index contributed by atoms with van der Waals surface area (Å²) in [4.78, 5) is 41.1. The monoisotopic (exact) mass is 468 g/mol. The van der Waals surface area contributed by atoms with Gasteiger partial charge in [-0.25, -0.2) is 4.79 Å². The summed E-state index contributed by atoms with van der Waals surface area (Å²) in [6.07, 6.45) is 6.38. The predicted octanol–water partition coefficient (Wildman–Crippen LogP) is 2.93. The lowest BCUT2D eigenvalue weighted by Crippen LogP contribution is -2.64. The van der Waals surface area contributed by atoms with Gasteiger partial charge in [0.15, 0.2) is 5.69 Å². The van der Waals surface area contributed by atoms with Crippen LogP contribution in [0.4, 0.5) is 0 Å². The van der Waals surface area contributed by atoms with E-state index in [0.29, 0.717) is 5.75 Å². The van der Waals surface area contributed by atoms with Crippen molar-refractivity contribution in [2.24, 2.45) is 0 Å². The van der Waals surface area contributed by atoms with Crippen LogP contribution < -0.4 is 10.1 Å². The second-order valence-corrected chi connectivity index (χ2v) is 9.20. The lowest BCUT2D eigenvalue weighted by molar-refractivity contribution is -0.134. The first-order chi connectivity index (χ1) is 16.4. The number of nitrogens with one attached hydrogen (secondary N) is 1. The number of methoxy groups -OCH3 is 2. The summed E-state index contributed by atoms with van der Waals surface area (Å²) >= 11 is 0. The van der Waals surface area contributed by atoms with Gasteiger partial charge in [-0.1, -0.05) is 43.9 Å². The van der Waals surface area contributed by atoms with Crippen molar-refractivity contribution in [3.05, 3.63) is 47.3 Å². The van der Waals surface area contributed by atoms with Crippen molar-refractivity contribution >= 4 is 17.8 Å². The zero-order valence-electron chi connectivity index (χ0n) is 20.0. The number of carbonyl (C=O) groups is 3. The molecule has 2 amide bonds. The maximum atomic E-state index is 13.7. The molecule has 1 aromatic heterocycles. The topological polar surface area (TPSA) is 103 Å². The van der Waals surface area contributed by atoms with E-state index in [1.54, 1.807) is 18.9 Å². The first-order valence-corrected chi connectivity index (χ1v) is 11.8. The summed E-state index contributed by atoms with van der Waals surface area (Å²) in [7, 11) is 2.84. The van der Waals surface area contributed by atoms with Crippen LogP contribution in [0.15, 0.2) is 30.3 Å². The van der Waals surface area contributed by atoms with Crippen molar-refractivity contribution in [1.82, 2.24) is 20.0 Å². The van der Waals surface area contributed by atoms with E-state index in [1.807, 2.05) is 24.3 Å². The predicted molar refractivity (Wildman–Crippen MR) is 124 cm³/mol. The molecule has 1 atom stereocenters. The maximum absolute atomic E-state index is 13.7. The van der Waals surface area contributed by atoms with E-state index in [1.165, 1.54) is 30.7 Å². The first-order valence-electron chi connectivity index (χ1n) is 11.8. The van der Waals surface area contributed by atoms with Gasteiger partial charge in [0.25, 0.3) is 5.91 Å². The standard InChI is InChI=1S/C25H32N4O5/c1-25(24(32)26-18-11-6-4-5-7-12-18)16-29-20(14-19(27-29)23(31)34-3)22(30)28(25)15-17-10-8-9-13-21(17)33-2/h8-10,13-14,18H,4-7,11-12,15-16H2,1-3H3,(H,26,32)/t25-/m0/s1. The minimum absolute atomic E-state index is 0.0384. The molecule has 0 bridgehead atoms. The smallest absolute Gasteiger partial charge is 0.358 e. The minimum Gasteiger partial charge on any atom is -0.496 e. The van der Waals surface area contributed by atoms with Crippen molar-refractivity contribution in [2.75, 3.05) is 14.2 Å². The number of carbonyl (C=O) groups excluding carboxylic acids is 3. The van der Waals surface area contributed by atoms with Gasteiger partial charge in [-0.3, -0.25) is 14.3 Å². The van der Waals surface area contributed by atoms with Crippen LogP contribution in [0.3, 0.4) is 0 Å². The molecule has 0 radical (unpaired) electrons.